The smallest absolute Gasteiger partial charge is 0.243 e. The molecule has 0 bridgehead atoms. The normalized spacial score (nSPS) is 19.7. The van der Waals surface area contributed by atoms with Crippen LogP contribution >= 0.6 is 0 Å². The largest absolute Gasteiger partial charge is 0.438 e. The summed E-state index contributed by atoms with van der Waals surface area (Å²) in [6.07, 6.45) is -1.21. The summed E-state index contributed by atoms with van der Waals surface area (Å²) in [4.78, 5) is 4.71. The van der Waals surface area contributed by atoms with Gasteiger partial charge in [-0.2, -0.15) is 4.31 Å². The van der Waals surface area contributed by atoms with Gasteiger partial charge < -0.3 is 13.9 Å². The molecule has 0 aliphatic carbocycles. The van der Waals surface area contributed by atoms with E-state index in [0.29, 0.717) is 17.3 Å². The summed E-state index contributed by atoms with van der Waals surface area (Å²) >= 11 is 0. The van der Waals surface area contributed by atoms with E-state index in [0.717, 1.165) is 5.56 Å². The van der Waals surface area contributed by atoms with Crippen molar-refractivity contribution in [2.75, 3.05) is 6.61 Å². The summed E-state index contributed by atoms with van der Waals surface area (Å²) in [5.74, 6) is 0.648. The lowest BCUT2D eigenvalue weighted by molar-refractivity contribution is 0.0253. The van der Waals surface area contributed by atoms with Gasteiger partial charge in [0.2, 0.25) is 15.9 Å². The van der Waals surface area contributed by atoms with Gasteiger partial charge in [0.05, 0.1) is 24.1 Å². The molecule has 1 aliphatic rings. The second-order valence-electron chi connectivity index (χ2n) is 10.1. The Kier molecular flexibility index (Phi) is 6.60. The number of sulfonamides is 1. The van der Waals surface area contributed by atoms with E-state index in [1.54, 1.807) is 30.3 Å². The van der Waals surface area contributed by atoms with Gasteiger partial charge in [-0.25, -0.2) is 13.4 Å². The number of aromatic nitrogens is 1. The third-order valence-electron chi connectivity index (χ3n) is 6.83. The van der Waals surface area contributed by atoms with Crippen molar-refractivity contribution < 1.29 is 22.4 Å². The fourth-order valence-corrected chi connectivity index (χ4v) is 6.30. The summed E-state index contributed by atoms with van der Waals surface area (Å²) < 4.78 is 41.0. The molecule has 7 nitrogen and oxygen atoms in total. The molecule has 34 heavy (non-hydrogen) atoms. The molecule has 0 amide bonds. The molecule has 0 spiro atoms. The fraction of sp³-hybridized carbons (Fsp3) is 0.400. The second-order valence-corrected chi connectivity index (χ2v) is 16.8. The van der Waals surface area contributed by atoms with Gasteiger partial charge in [-0.3, -0.25) is 0 Å². The number of fused-ring (bicyclic) bond motifs is 1. The monoisotopic (exact) mass is 500 g/mol. The van der Waals surface area contributed by atoms with Crippen LogP contribution in [0.1, 0.15) is 38.3 Å². The van der Waals surface area contributed by atoms with E-state index in [2.05, 4.69) is 38.8 Å². The first-order chi connectivity index (χ1) is 15.9. The van der Waals surface area contributed by atoms with E-state index in [4.69, 9.17) is 8.84 Å². The summed E-state index contributed by atoms with van der Waals surface area (Å²) in [5.41, 5.74) is 1.17. The Morgan fingerprint density at radius 1 is 1.09 bits per heavy atom. The van der Waals surface area contributed by atoms with Crippen LogP contribution in [0.5, 0.6) is 0 Å². The average molecular weight is 501 g/mol. The SMILES string of the molecule is CC(C)(C)[Si](C)(C)OC[C@H]1[C@@H](O)c2oc(-c3ccccc3)nc2CN1S(=O)(=O)c1ccccc1. The van der Waals surface area contributed by atoms with Gasteiger partial charge in [-0.05, 0) is 42.4 Å². The number of aliphatic hydroxyl groups excluding tert-OH is 1. The second kappa shape index (κ2) is 9.05. The zero-order valence-corrected chi connectivity index (χ0v) is 22.0. The third kappa shape index (κ3) is 4.63. The molecule has 0 fully saturated rings. The Bertz CT molecular complexity index is 1240. The minimum Gasteiger partial charge on any atom is -0.438 e. The Morgan fingerprint density at radius 2 is 1.68 bits per heavy atom. The van der Waals surface area contributed by atoms with Crippen molar-refractivity contribution in [3.8, 4) is 11.5 Å². The maximum atomic E-state index is 13.7. The van der Waals surface area contributed by atoms with Crippen molar-refractivity contribution in [1.82, 2.24) is 9.29 Å². The standard InChI is InChI=1S/C25H32N2O5SSi/c1-25(2,3)34(4,5)31-17-21-22(28)23-20(26-24(32-23)18-12-8-6-9-13-18)16-27(21)33(29,30)19-14-10-7-11-15-19/h6-15,21-22,28H,16-17H2,1-5H3/t21-,22+/m0/s1. The Labute approximate surface area is 202 Å². The molecule has 2 atom stereocenters. The molecule has 0 radical (unpaired) electrons. The van der Waals surface area contributed by atoms with Crippen molar-refractivity contribution in [1.29, 1.82) is 0 Å². The van der Waals surface area contributed by atoms with Crippen LogP contribution in [0.25, 0.3) is 11.5 Å². The summed E-state index contributed by atoms with van der Waals surface area (Å²) in [6.45, 7) is 10.6. The van der Waals surface area contributed by atoms with Crippen LogP contribution in [0, 0.1) is 0 Å². The van der Waals surface area contributed by atoms with Crippen molar-refractivity contribution in [3.63, 3.8) is 0 Å². The molecule has 4 rings (SSSR count). The zero-order chi connectivity index (χ0) is 24.7. The van der Waals surface area contributed by atoms with Gasteiger partial charge in [0, 0.05) is 5.56 Å². The van der Waals surface area contributed by atoms with E-state index in [-0.39, 0.29) is 23.1 Å². The van der Waals surface area contributed by atoms with Crippen molar-refractivity contribution in [2.24, 2.45) is 0 Å². The maximum Gasteiger partial charge on any atom is 0.243 e. The highest BCUT2D eigenvalue weighted by Crippen LogP contribution is 2.40. The molecule has 1 aromatic heterocycles. The first kappa shape index (κ1) is 24.8. The van der Waals surface area contributed by atoms with Crippen LogP contribution in [-0.2, 0) is 21.0 Å². The van der Waals surface area contributed by atoms with Crippen molar-refractivity contribution >= 4 is 18.3 Å². The van der Waals surface area contributed by atoms with E-state index >= 15 is 0 Å². The van der Waals surface area contributed by atoms with Gasteiger partial charge in [-0.1, -0.05) is 57.2 Å². The van der Waals surface area contributed by atoms with E-state index in [9.17, 15) is 13.5 Å². The van der Waals surface area contributed by atoms with Gasteiger partial charge in [0.25, 0.3) is 0 Å². The summed E-state index contributed by atoms with van der Waals surface area (Å²) in [5, 5.41) is 11.3. The third-order valence-corrected chi connectivity index (χ3v) is 13.2. The first-order valence-electron chi connectivity index (χ1n) is 11.4. The van der Waals surface area contributed by atoms with Gasteiger partial charge in [-0.15, -0.1) is 0 Å². The highest BCUT2D eigenvalue weighted by atomic mass is 32.2. The number of hydrogen-bond donors (Lipinski definition) is 1. The molecule has 1 N–H and O–H groups in total. The Hall–Kier alpha value is -2.30. The molecule has 182 valence electrons. The highest BCUT2D eigenvalue weighted by Gasteiger charge is 2.46. The predicted octanol–water partition coefficient (Wildman–Crippen LogP) is 4.97. The molecule has 0 saturated heterocycles. The molecule has 1 aliphatic heterocycles. The number of hydrogen-bond acceptors (Lipinski definition) is 6. The zero-order valence-electron chi connectivity index (χ0n) is 20.2. The van der Waals surface area contributed by atoms with Crippen LogP contribution in [0.15, 0.2) is 70.0 Å². The van der Waals surface area contributed by atoms with Gasteiger partial charge >= 0.3 is 0 Å². The van der Waals surface area contributed by atoms with Crippen LogP contribution in [0.2, 0.25) is 18.1 Å². The lowest BCUT2D eigenvalue weighted by atomic mass is 10.0. The van der Waals surface area contributed by atoms with E-state index < -0.39 is 30.5 Å². The summed E-state index contributed by atoms with van der Waals surface area (Å²) in [6, 6.07) is 16.8. The average Bonchev–Trinajstić information content (AvgIpc) is 3.23. The molecular weight excluding hydrogens is 468 g/mol. The first-order valence-corrected chi connectivity index (χ1v) is 15.7. The quantitative estimate of drug-likeness (QED) is 0.481. The molecule has 3 aromatic rings. The predicted molar refractivity (Wildman–Crippen MR) is 133 cm³/mol. The topological polar surface area (TPSA) is 92.9 Å². The lowest BCUT2D eigenvalue weighted by Gasteiger charge is -2.41. The number of aliphatic hydroxyl groups is 1. The number of rotatable bonds is 6. The van der Waals surface area contributed by atoms with Crippen LogP contribution < -0.4 is 0 Å². The fourth-order valence-electron chi connectivity index (χ4n) is 3.68. The Morgan fingerprint density at radius 3 is 2.26 bits per heavy atom. The van der Waals surface area contributed by atoms with Crippen LogP contribution in [0.3, 0.4) is 0 Å². The Balaban J connectivity index is 1.74. The molecule has 2 heterocycles. The van der Waals surface area contributed by atoms with E-state index in [1.807, 2.05) is 30.3 Å². The van der Waals surface area contributed by atoms with Crippen molar-refractivity contribution in [3.05, 3.63) is 72.1 Å². The molecule has 0 saturated carbocycles. The molecule has 9 heteroatoms. The maximum absolute atomic E-state index is 13.7. The van der Waals surface area contributed by atoms with Crippen LogP contribution in [0.4, 0.5) is 0 Å². The van der Waals surface area contributed by atoms with Gasteiger partial charge in [0.15, 0.2) is 14.1 Å². The highest BCUT2D eigenvalue weighted by molar-refractivity contribution is 7.89. The number of nitrogens with zero attached hydrogens (tertiary/aromatic N) is 2. The van der Waals surface area contributed by atoms with E-state index in [1.165, 1.54) is 4.31 Å². The number of benzene rings is 2. The minimum atomic E-state index is -3.92. The van der Waals surface area contributed by atoms with Crippen LogP contribution in [-0.4, -0.2) is 43.8 Å². The minimum absolute atomic E-state index is 0.00845. The molecule has 0 unspecified atom stereocenters. The summed E-state index contributed by atoms with van der Waals surface area (Å²) in [7, 11) is -6.12. The number of oxazole rings is 1. The lowest BCUT2D eigenvalue weighted by Crippen LogP contribution is -2.52. The van der Waals surface area contributed by atoms with Crippen molar-refractivity contribution in [2.45, 2.75) is 62.5 Å². The molecular formula is C25H32N2O5SSi. The van der Waals surface area contributed by atoms with Gasteiger partial charge in [0.1, 0.15) is 11.8 Å². The molecule has 2 aromatic carbocycles.